The van der Waals surface area contributed by atoms with Crippen LogP contribution in [0.15, 0.2) is 18.2 Å². The van der Waals surface area contributed by atoms with Crippen molar-refractivity contribution in [1.82, 2.24) is 9.80 Å². The molecule has 0 radical (unpaired) electrons. The number of piperazine rings is 1. The Balaban J connectivity index is 2.06. The highest BCUT2D eigenvalue weighted by molar-refractivity contribution is 5.94. The molecule has 1 N–H and O–H groups in total. The maximum absolute atomic E-state index is 13.3. The molecule has 0 spiro atoms. The molecule has 1 heterocycles. The fourth-order valence-electron chi connectivity index (χ4n) is 2.71. The molecule has 1 saturated heterocycles. The average Bonchev–Trinajstić information content (AvgIpc) is 2.45. The second kappa shape index (κ2) is 6.68. The second-order valence-electron chi connectivity index (χ2n) is 6.57. The van der Waals surface area contributed by atoms with Crippen molar-refractivity contribution in [3.05, 3.63) is 35.1 Å². The number of hydrogen-bond acceptors (Lipinski definition) is 3. The minimum atomic E-state index is -4.84. The lowest BCUT2D eigenvalue weighted by Crippen LogP contribution is -2.52. The molecule has 1 aromatic carbocycles. The van der Waals surface area contributed by atoms with Crippen molar-refractivity contribution in [3.63, 3.8) is 0 Å². The van der Waals surface area contributed by atoms with E-state index in [1.54, 1.807) is 13.8 Å². The van der Waals surface area contributed by atoms with Crippen LogP contribution in [0.1, 0.15) is 29.8 Å². The zero-order chi connectivity index (χ0) is 18.1. The number of nitrogens with zero attached hydrogens (tertiary/aromatic N) is 2. The van der Waals surface area contributed by atoms with Crippen LogP contribution in [0.5, 0.6) is 0 Å². The molecule has 2 rings (SSSR count). The molecule has 1 amide bonds. The van der Waals surface area contributed by atoms with Crippen molar-refractivity contribution in [2.24, 2.45) is 0 Å². The van der Waals surface area contributed by atoms with Gasteiger partial charge in [0.1, 0.15) is 5.82 Å². The fourth-order valence-corrected chi connectivity index (χ4v) is 2.71. The summed E-state index contributed by atoms with van der Waals surface area (Å²) in [5, 5.41) is 9.79. The molecule has 0 aromatic heterocycles. The van der Waals surface area contributed by atoms with Crippen molar-refractivity contribution in [2.75, 3.05) is 32.7 Å². The molecule has 24 heavy (non-hydrogen) atoms. The highest BCUT2D eigenvalue weighted by atomic mass is 19.4. The molecule has 1 fully saturated rings. The summed E-state index contributed by atoms with van der Waals surface area (Å²) in [7, 11) is 0. The SMILES string of the molecule is CC(C)(O)CN1CCN(C(=O)c2ccc(F)c(C(F)(F)F)c2)CC1. The van der Waals surface area contributed by atoms with Gasteiger partial charge in [0.25, 0.3) is 5.91 Å². The third-order valence-electron chi connectivity index (χ3n) is 3.79. The summed E-state index contributed by atoms with van der Waals surface area (Å²) in [6.45, 7) is 5.53. The first-order valence-electron chi connectivity index (χ1n) is 7.58. The number of aliphatic hydroxyl groups is 1. The van der Waals surface area contributed by atoms with Gasteiger partial charge in [0, 0.05) is 38.3 Å². The number of amides is 1. The van der Waals surface area contributed by atoms with Crippen molar-refractivity contribution in [1.29, 1.82) is 0 Å². The van der Waals surface area contributed by atoms with E-state index in [0.29, 0.717) is 44.9 Å². The van der Waals surface area contributed by atoms with Gasteiger partial charge in [-0.3, -0.25) is 9.69 Å². The van der Waals surface area contributed by atoms with E-state index in [-0.39, 0.29) is 5.56 Å². The molecule has 4 nitrogen and oxygen atoms in total. The number of benzene rings is 1. The molecule has 0 bridgehead atoms. The van der Waals surface area contributed by atoms with Gasteiger partial charge in [-0.05, 0) is 32.0 Å². The Kier molecular flexibility index (Phi) is 5.19. The average molecular weight is 348 g/mol. The van der Waals surface area contributed by atoms with Crippen LogP contribution >= 0.6 is 0 Å². The maximum Gasteiger partial charge on any atom is 0.419 e. The van der Waals surface area contributed by atoms with Crippen LogP contribution in [-0.4, -0.2) is 59.1 Å². The van der Waals surface area contributed by atoms with E-state index in [4.69, 9.17) is 0 Å². The van der Waals surface area contributed by atoms with E-state index in [1.165, 1.54) is 4.90 Å². The summed E-state index contributed by atoms with van der Waals surface area (Å²) in [5.41, 5.74) is -2.47. The van der Waals surface area contributed by atoms with Crippen molar-refractivity contribution in [2.45, 2.75) is 25.6 Å². The van der Waals surface area contributed by atoms with Crippen LogP contribution < -0.4 is 0 Å². The molecule has 0 aliphatic carbocycles. The third-order valence-corrected chi connectivity index (χ3v) is 3.79. The number of alkyl halides is 3. The Morgan fingerprint density at radius 3 is 2.25 bits per heavy atom. The Labute approximate surface area is 137 Å². The molecule has 8 heteroatoms. The lowest BCUT2D eigenvalue weighted by atomic mass is 10.1. The quantitative estimate of drug-likeness (QED) is 0.853. The molecule has 1 aliphatic heterocycles. The fraction of sp³-hybridized carbons (Fsp3) is 0.562. The first kappa shape index (κ1) is 18.7. The van der Waals surface area contributed by atoms with Crippen LogP contribution in [0.2, 0.25) is 0 Å². The van der Waals surface area contributed by atoms with Crippen LogP contribution in [0.3, 0.4) is 0 Å². The van der Waals surface area contributed by atoms with Gasteiger partial charge in [-0.1, -0.05) is 0 Å². The molecule has 0 unspecified atom stereocenters. The Morgan fingerprint density at radius 2 is 1.75 bits per heavy atom. The third kappa shape index (κ3) is 4.67. The van der Waals surface area contributed by atoms with Gasteiger partial charge in [0.05, 0.1) is 11.2 Å². The van der Waals surface area contributed by atoms with Crippen LogP contribution in [-0.2, 0) is 6.18 Å². The van der Waals surface area contributed by atoms with Gasteiger partial charge >= 0.3 is 6.18 Å². The van der Waals surface area contributed by atoms with Gasteiger partial charge in [-0.15, -0.1) is 0 Å². The standard InChI is InChI=1S/C16H20F4N2O2/c1-15(2,24)10-21-5-7-22(8-6-21)14(23)11-3-4-13(17)12(9-11)16(18,19)20/h3-4,9,24H,5-8,10H2,1-2H3. The first-order chi connectivity index (χ1) is 11.0. The summed E-state index contributed by atoms with van der Waals surface area (Å²) in [6, 6.07) is 2.29. The van der Waals surface area contributed by atoms with Gasteiger partial charge in [0.2, 0.25) is 0 Å². The van der Waals surface area contributed by atoms with Gasteiger partial charge < -0.3 is 10.0 Å². The van der Waals surface area contributed by atoms with Crippen LogP contribution in [0, 0.1) is 5.82 Å². The summed E-state index contributed by atoms with van der Waals surface area (Å²) < 4.78 is 51.5. The van der Waals surface area contributed by atoms with Gasteiger partial charge in [-0.25, -0.2) is 4.39 Å². The normalized spacial score (nSPS) is 17.2. The second-order valence-corrected chi connectivity index (χ2v) is 6.57. The molecule has 1 aromatic rings. The Bertz CT molecular complexity index is 603. The number of carbonyl (C=O) groups is 1. The smallest absolute Gasteiger partial charge is 0.389 e. The van der Waals surface area contributed by atoms with E-state index in [9.17, 15) is 27.5 Å². The molecular weight excluding hydrogens is 328 g/mol. The molecule has 0 atom stereocenters. The first-order valence-corrected chi connectivity index (χ1v) is 7.58. The zero-order valence-electron chi connectivity index (χ0n) is 13.5. The van der Waals surface area contributed by atoms with Crippen molar-refractivity contribution >= 4 is 5.91 Å². The predicted molar refractivity (Wildman–Crippen MR) is 80.0 cm³/mol. The highest BCUT2D eigenvalue weighted by Gasteiger charge is 2.35. The lowest BCUT2D eigenvalue weighted by Gasteiger charge is -2.37. The van der Waals surface area contributed by atoms with Gasteiger partial charge in [-0.2, -0.15) is 13.2 Å². The monoisotopic (exact) mass is 348 g/mol. The number of hydrogen-bond donors (Lipinski definition) is 1. The summed E-state index contributed by atoms with van der Waals surface area (Å²) in [4.78, 5) is 15.8. The predicted octanol–water partition coefficient (Wildman–Crippen LogP) is 2.37. The Hall–Kier alpha value is -1.67. The van der Waals surface area contributed by atoms with Crippen molar-refractivity contribution in [3.8, 4) is 0 Å². The summed E-state index contributed by atoms with van der Waals surface area (Å²) in [5.74, 6) is -1.95. The zero-order valence-corrected chi connectivity index (χ0v) is 13.5. The molecule has 1 aliphatic rings. The largest absolute Gasteiger partial charge is 0.419 e. The minimum absolute atomic E-state index is 0.181. The molecule has 0 saturated carbocycles. The summed E-state index contributed by atoms with van der Waals surface area (Å²) >= 11 is 0. The van der Waals surface area contributed by atoms with E-state index >= 15 is 0 Å². The number of halogens is 4. The highest BCUT2D eigenvalue weighted by Crippen LogP contribution is 2.32. The van der Waals surface area contributed by atoms with E-state index in [1.807, 2.05) is 4.90 Å². The maximum atomic E-state index is 13.3. The molecular formula is C16H20F4N2O2. The number of β-amino-alcohol motifs (C(OH)–C–C–N with tert-alkyl or cyclic N) is 1. The Morgan fingerprint density at radius 1 is 1.17 bits per heavy atom. The number of carbonyl (C=O) groups excluding carboxylic acids is 1. The van der Waals surface area contributed by atoms with Gasteiger partial charge in [0.15, 0.2) is 0 Å². The van der Waals surface area contributed by atoms with E-state index in [0.717, 1.165) is 6.07 Å². The summed E-state index contributed by atoms with van der Waals surface area (Å²) in [6.07, 6.45) is -4.84. The van der Waals surface area contributed by atoms with E-state index < -0.39 is 29.1 Å². The number of rotatable bonds is 3. The topological polar surface area (TPSA) is 43.8 Å². The van der Waals surface area contributed by atoms with E-state index in [2.05, 4.69) is 0 Å². The van der Waals surface area contributed by atoms with Crippen molar-refractivity contribution < 1.29 is 27.5 Å². The molecule has 134 valence electrons. The van der Waals surface area contributed by atoms with Crippen LogP contribution in [0.25, 0.3) is 0 Å². The minimum Gasteiger partial charge on any atom is -0.389 e. The van der Waals surface area contributed by atoms with Crippen LogP contribution in [0.4, 0.5) is 17.6 Å². The lowest BCUT2D eigenvalue weighted by molar-refractivity contribution is -0.140.